The summed E-state index contributed by atoms with van der Waals surface area (Å²) in [5.41, 5.74) is 0.920. The van der Waals surface area contributed by atoms with E-state index in [0.717, 1.165) is 4.47 Å². The van der Waals surface area contributed by atoms with Crippen molar-refractivity contribution in [2.45, 2.75) is 6.54 Å². The molecule has 2 aromatic carbocycles. The molecule has 3 nitrogen and oxygen atoms in total. The molecule has 94 valence electrons. The SMILES string of the molecule is Oc1ccc(CNc2cc(Br)ccc2F)c(O)c1. The molecule has 3 N–H and O–H groups in total. The van der Waals surface area contributed by atoms with Crippen LogP contribution in [0.5, 0.6) is 11.5 Å². The molecule has 5 heteroatoms. The van der Waals surface area contributed by atoms with Crippen molar-refractivity contribution in [1.82, 2.24) is 0 Å². The Balaban J connectivity index is 2.13. The standard InChI is InChI=1S/C13H11BrFNO2/c14-9-2-4-11(15)12(5-9)16-7-8-1-3-10(17)6-13(8)18/h1-6,16-18H,7H2. The number of halogens is 2. The molecule has 2 rings (SSSR count). The monoisotopic (exact) mass is 311 g/mol. The molecule has 0 saturated carbocycles. The zero-order chi connectivity index (χ0) is 13.1. The van der Waals surface area contributed by atoms with Crippen LogP contribution in [0.1, 0.15) is 5.56 Å². The molecule has 0 aliphatic carbocycles. The average Bonchev–Trinajstić information content (AvgIpc) is 2.32. The molecule has 0 spiro atoms. The molecule has 0 radical (unpaired) electrons. The molecule has 0 heterocycles. The Hall–Kier alpha value is -1.75. The van der Waals surface area contributed by atoms with Crippen molar-refractivity contribution >= 4 is 21.6 Å². The summed E-state index contributed by atoms with van der Waals surface area (Å²) in [7, 11) is 0. The molecule has 0 fully saturated rings. The third kappa shape index (κ3) is 2.92. The van der Waals surface area contributed by atoms with Crippen LogP contribution in [0, 0.1) is 5.82 Å². The molecule has 0 atom stereocenters. The second-order valence-electron chi connectivity index (χ2n) is 3.79. The Kier molecular flexibility index (Phi) is 3.72. The number of aromatic hydroxyl groups is 2. The number of nitrogens with one attached hydrogen (secondary N) is 1. The summed E-state index contributed by atoms with van der Waals surface area (Å²) in [4.78, 5) is 0. The van der Waals surface area contributed by atoms with Crippen molar-refractivity contribution in [3.05, 3.63) is 52.3 Å². The molecule has 2 aromatic rings. The van der Waals surface area contributed by atoms with E-state index >= 15 is 0 Å². The van der Waals surface area contributed by atoms with E-state index in [0.29, 0.717) is 11.3 Å². The number of phenols is 2. The fraction of sp³-hybridized carbons (Fsp3) is 0.0769. The number of phenolic OH excluding ortho intramolecular Hbond substituents is 2. The zero-order valence-electron chi connectivity index (χ0n) is 9.32. The molecule has 0 bridgehead atoms. The predicted molar refractivity (Wildman–Crippen MR) is 71.2 cm³/mol. The summed E-state index contributed by atoms with van der Waals surface area (Å²) in [6, 6.07) is 8.87. The van der Waals surface area contributed by atoms with Crippen molar-refractivity contribution < 1.29 is 14.6 Å². The smallest absolute Gasteiger partial charge is 0.146 e. The number of anilines is 1. The van der Waals surface area contributed by atoms with E-state index in [1.54, 1.807) is 18.2 Å². The molecule has 18 heavy (non-hydrogen) atoms. The van der Waals surface area contributed by atoms with Gasteiger partial charge in [0.15, 0.2) is 0 Å². The summed E-state index contributed by atoms with van der Waals surface area (Å²) >= 11 is 3.26. The number of hydrogen-bond donors (Lipinski definition) is 3. The first kappa shape index (κ1) is 12.7. The van der Waals surface area contributed by atoms with E-state index < -0.39 is 0 Å². The van der Waals surface area contributed by atoms with Crippen molar-refractivity contribution in [2.75, 3.05) is 5.32 Å². The summed E-state index contributed by atoms with van der Waals surface area (Å²) in [6.07, 6.45) is 0. The summed E-state index contributed by atoms with van der Waals surface area (Å²) < 4.78 is 14.2. The van der Waals surface area contributed by atoms with Crippen LogP contribution in [0.15, 0.2) is 40.9 Å². The van der Waals surface area contributed by atoms with Crippen molar-refractivity contribution in [3.8, 4) is 11.5 Å². The third-order valence-electron chi connectivity index (χ3n) is 2.47. The van der Waals surface area contributed by atoms with E-state index in [1.165, 1.54) is 18.2 Å². The lowest BCUT2D eigenvalue weighted by Gasteiger charge is -2.09. The number of rotatable bonds is 3. The molecular weight excluding hydrogens is 301 g/mol. The van der Waals surface area contributed by atoms with Crippen LogP contribution in [0.25, 0.3) is 0 Å². The lowest BCUT2D eigenvalue weighted by molar-refractivity contribution is 0.446. The van der Waals surface area contributed by atoms with Gasteiger partial charge < -0.3 is 15.5 Å². The van der Waals surface area contributed by atoms with E-state index in [2.05, 4.69) is 21.2 Å². The molecular formula is C13H11BrFNO2. The summed E-state index contributed by atoms with van der Waals surface area (Å²) in [5, 5.41) is 21.6. The highest BCUT2D eigenvalue weighted by molar-refractivity contribution is 9.10. The topological polar surface area (TPSA) is 52.5 Å². The maximum absolute atomic E-state index is 13.5. The van der Waals surface area contributed by atoms with Gasteiger partial charge in [0.1, 0.15) is 17.3 Å². The maximum Gasteiger partial charge on any atom is 0.146 e. The Morgan fingerprint density at radius 2 is 1.89 bits per heavy atom. The highest BCUT2D eigenvalue weighted by atomic mass is 79.9. The fourth-order valence-electron chi connectivity index (χ4n) is 1.53. The molecule has 0 aromatic heterocycles. The largest absolute Gasteiger partial charge is 0.508 e. The van der Waals surface area contributed by atoms with Gasteiger partial charge in [0.05, 0.1) is 5.69 Å². The minimum Gasteiger partial charge on any atom is -0.508 e. The van der Waals surface area contributed by atoms with Gasteiger partial charge in [0.25, 0.3) is 0 Å². The van der Waals surface area contributed by atoms with E-state index in [4.69, 9.17) is 5.11 Å². The normalized spacial score (nSPS) is 10.3. The van der Waals surface area contributed by atoms with Gasteiger partial charge in [0.2, 0.25) is 0 Å². The number of benzene rings is 2. The second kappa shape index (κ2) is 5.27. The Labute approximate surface area is 112 Å². The van der Waals surface area contributed by atoms with Gasteiger partial charge in [-0.3, -0.25) is 0 Å². The van der Waals surface area contributed by atoms with Crippen LogP contribution >= 0.6 is 15.9 Å². The lowest BCUT2D eigenvalue weighted by atomic mass is 10.2. The quantitative estimate of drug-likeness (QED) is 0.811. The molecule has 0 aliphatic rings. The van der Waals surface area contributed by atoms with Crippen molar-refractivity contribution in [3.63, 3.8) is 0 Å². The van der Waals surface area contributed by atoms with Crippen molar-refractivity contribution in [2.24, 2.45) is 0 Å². The van der Waals surface area contributed by atoms with Crippen LogP contribution in [0.2, 0.25) is 0 Å². The first-order valence-corrected chi connectivity index (χ1v) is 6.05. The average molecular weight is 312 g/mol. The highest BCUT2D eigenvalue weighted by Crippen LogP contribution is 2.25. The summed E-state index contributed by atoms with van der Waals surface area (Å²) in [6.45, 7) is 0.263. The Morgan fingerprint density at radius 1 is 1.11 bits per heavy atom. The number of hydrogen-bond acceptors (Lipinski definition) is 3. The van der Waals surface area contributed by atoms with E-state index in [1.807, 2.05) is 0 Å². The van der Waals surface area contributed by atoms with Gasteiger partial charge in [-0.05, 0) is 30.3 Å². The first-order chi connectivity index (χ1) is 8.56. The van der Waals surface area contributed by atoms with Gasteiger partial charge in [-0.25, -0.2) is 4.39 Å². The van der Waals surface area contributed by atoms with Crippen LogP contribution in [-0.2, 0) is 6.54 Å². The molecule has 0 unspecified atom stereocenters. The van der Waals surface area contributed by atoms with Gasteiger partial charge >= 0.3 is 0 Å². The zero-order valence-corrected chi connectivity index (χ0v) is 10.9. The Morgan fingerprint density at radius 3 is 2.61 bits per heavy atom. The van der Waals surface area contributed by atoms with Gasteiger partial charge in [-0.2, -0.15) is 0 Å². The lowest BCUT2D eigenvalue weighted by Crippen LogP contribution is -2.01. The summed E-state index contributed by atoms with van der Waals surface area (Å²) in [5.74, 6) is -0.403. The van der Waals surface area contributed by atoms with E-state index in [9.17, 15) is 9.50 Å². The Bertz CT molecular complexity index is 575. The molecule has 0 saturated heterocycles. The van der Waals surface area contributed by atoms with Crippen molar-refractivity contribution in [1.29, 1.82) is 0 Å². The highest BCUT2D eigenvalue weighted by Gasteiger charge is 2.05. The molecule has 0 amide bonds. The van der Waals surface area contributed by atoms with Crippen LogP contribution < -0.4 is 5.32 Å². The van der Waals surface area contributed by atoms with E-state index in [-0.39, 0.29) is 23.9 Å². The second-order valence-corrected chi connectivity index (χ2v) is 4.71. The molecule has 0 aliphatic heterocycles. The van der Waals surface area contributed by atoms with Crippen LogP contribution in [0.4, 0.5) is 10.1 Å². The fourth-order valence-corrected chi connectivity index (χ4v) is 1.89. The maximum atomic E-state index is 13.5. The first-order valence-electron chi connectivity index (χ1n) is 5.26. The minimum absolute atomic E-state index is 0.00936. The van der Waals surface area contributed by atoms with Gasteiger partial charge in [0, 0.05) is 22.6 Å². The minimum atomic E-state index is -0.364. The van der Waals surface area contributed by atoms with Crippen LogP contribution in [0.3, 0.4) is 0 Å². The van der Waals surface area contributed by atoms with Gasteiger partial charge in [-0.1, -0.05) is 15.9 Å². The third-order valence-corrected chi connectivity index (χ3v) is 2.96. The van der Waals surface area contributed by atoms with Crippen LogP contribution in [-0.4, -0.2) is 10.2 Å². The predicted octanol–water partition coefficient (Wildman–Crippen LogP) is 3.61. The van der Waals surface area contributed by atoms with Gasteiger partial charge in [-0.15, -0.1) is 0 Å².